The Morgan fingerprint density at radius 3 is 2.45 bits per heavy atom. The van der Waals surface area contributed by atoms with Crippen LogP contribution in [-0.4, -0.2) is 11.6 Å². The van der Waals surface area contributed by atoms with Gasteiger partial charge in [0.15, 0.2) is 0 Å². The Hall–Kier alpha value is -0.920. The largest absolute Gasteiger partial charge is 0.299 e. The van der Waals surface area contributed by atoms with Crippen LogP contribution >= 0.6 is 0 Å². The molecular formula is C20H32O2. The summed E-state index contributed by atoms with van der Waals surface area (Å²) in [6.07, 6.45) is 7.06. The van der Waals surface area contributed by atoms with Gasteiger partial charge in [-0.3, -0.25) is 9.59 Å². The first kappa shape index (κ1) is 17.4. The summed E-state index contributed by atoms with van der Waals surface area (Å²) in [5, 5.41) is 0. The summed E-state index contributed by atoms with van der Waals surface area (Å²) in [5.74, 6) is 2.71. The maximum Gasteiger partial charge on any atom is 0.139 e. The first-order chi connectivity index (χ1) is 10.2. The van der Waals surface area contributed by atoms with Crippen molar-refractivity contribution in [3.63, 3.8) is 0 Å². The van der Waals surface area contributed by atoms with Gasteiger partial charge in [-0.15, -0.1) is 0 Å². The van der Waals surface area contributed by atoms with Crippen LogP contribution in [0.5, 0.6) is 0 Å². The first-order valence-electron chi connectivity index (χ1n) is 8.91. The molecular weight excluding hydrogens is 272 g/mol. The van der Waals surface area contributed by atoms with E-state index in [4.69, 9.17) is 0 Å². The lowest BCUT2D eigenvalue weighted by atomic mass is 9.91. The standard InChI is InChI=1S/C20H32O2/c1-13-6-8-17-18(20(17,4)5)12-15(3)19(22)9-7-14(2)11-16(21)10-13/h7,13,15,17-18H,6,8-12H2,1-5H3/b14-7+/t13?,15?,17-,18+/m0/s1. The molecule has 4 atom stereocenters. The van der Waals surface area contributed by atoms with E-state index in [1.165, 1.54) is 6.42 Å². The Morgan fingerprint density at radius 2 is 1.77 bits per heavy atom. The topological polar surface area (TPSA) is 34.1 Å². The average Bonchev–Trinajstić information content (AvgIpc) is 2.92. The van der Waals surface area contributed by atoms with E-state index in [-0.39, 0.29) is 5.92 Å². The van der Waals surface area contributed by atoms with Gasteiger partial charge in [0, 0.05) is 25.2 Å². The van der Waals surface area contributed by atoms with E-state index in [0.29, 0.717) is 48.1 Å². The van der Waals surface area contributed by atoms with Gasteiger partial charge in [-0.2, -0.15) is 0 Å². The van der Waals surface area contributed by atoms with Crippen molar-refractivity contribution in [1.29, 1.82) is 0 Å². The molecule has 0 amide bonds. The van der Waals surface area contributed by atoms with Gasteiger partial charge in [0.05, 0.1) is 0 Å². The van der Waals surface area contributed by atoms with Crippen molar-refractivity contribution in [2.24, 2.45) is 29.1 Å². The molecule has 2 unspecified atom stereocenters. The zero-order valence-corrected chi connectivity index (χ0v) is 14.9. The van der Waals surface area contributed by atoms with E-state index in [9.17, 15) is 9.59 Å². The Balaban J connectivity index is 2.10. The molecule has 0 aromatic heterocycles. The van der Waals surface area contributed by atoms with Crippen LogP contribution in [0.4, 0.5) is 0 Å². The van der Waals surface area contributed by atoms with Crippen molar-refractivity contribution in [2.45, 2.75) is 73.1 Å². The van der Waals surface area contributed by atoms with Crippen LogP contribution in [-0.2, 0) is 9.59 Å². The molecule has 2 heteroatoms. The summed E-state index contributed by atoms with van der Waals surface area (Å²) >= 11 is 0. The third kappa shape index (κ3) is 4.08. The molecule has 2 rings (SSSR count). The van der Waals surface area contributed by atoms with E-state index in [2.05, 4.69) is 27.7 Å². The Bertz CT molecular complexity index is 472. The minimum Gasteiger partial charge on any atom is -0.299 e. The third-order valence-corrected chi connectivity index (χ3v) is 6.12. The summed E-state index contributed by atoms with van der Waals surface area (Å²) in [6.45, 7) is 11.0. The SMILES string of the molecule is C/C1=C\CC(=O)C(C)C[C@@H]2[C@H](CCC(C)CC(=O)C1)C2(C)C. The predicted octanol–water partition coefficient (Wildman–Crippen LogP) is 4.97. The Kier molecular flexibility index (Phi) is 5.29. The Morgan fingerprint density at radius 1 is 1.09 bits per heavy atom. The van der Waals surface area contributed by atoms with Crippen molar-refractivity contribution in [1.82, 2.24) is 0 Å². The number of hydrogen-bond donors (Lipinski definition) is 0. The van der Waals surface area contributed by atoms with Gasteiger partial charge in [0.1, 0.15) is 11.6 Å². The fourth-order valence-corrected chi connectivity index (χ4v) is 4.30. The molecule has 0 radical (unpaired) electrons. The second kappa shape index (κ2) is 6.68. The molecule has 0 heterocycles. The predicted molar refractivity (Wildman–Crippen MR) is 90.6 cm³/mol. The molecule has 1 saturated carbocycles. The molecule has 0 spiro atoms. The van der Waals surface area contributed by atoms with Crippen molar-refractivity contribution >= 4 is 11.6 Å². The molecule has 2 nitrogen and oxygen atoms in total. The molecule has 1 fully saturated rings. The monoisotopic (exact) mass is 304 g/mol. The number of hydrogen-bond acceptors (Lipinski definition) is 2. The van der Waals surface area contributed by atoms with Crippen LogP contribution in [0, 0.1) is 29.1 Å². The molecule has 0 bridgehead atoms. The summed E-state index contributed by atoms with van der Waals surface area (Å²) in [5.41, 5.74) is 1.43. The van der Waals surface area contributed by atoms with Crippen LogP contribution in [0.15, 0.2) is 11.6 Å². The second-order valence-electron chi connectivity index (χ2n) is 8.49. The number of fused-ring (bicyclic) bond motifs is 1. The minimum absolute atomic E-state index is 0.148. The fourth-order valence-electron chi connectivity index (χ4n) is 4.30. The summed E-state index contributed by atoms with van der Waals surface area (Å²) < 4.78 is 0. The van der Waals surface area contributed by atoms with Crippen LogP contribution in [0.3, 0.4) is 0 Å². The Labute approximate surface area is 135 Å². The minimum atomic E-state index is 0.148. The van der Waals surface area contributed by atoms with Crippen LogP contribution in [0.1, 0.15) is 73.1 Å². The van der Waals surface area contributed by atoms with Gasteiger partial charge < -0.3 is 0 Å². The van der Waals surface area contributed by atoms with Crippen LogP contribution in [0.25, 0.3) is 0 Å². The number of rotatable bonds is 0. The van der Waals surface area contributed by atoms with Crippen LogP contribution in [0.2, 0.25) is 0 Å². The van der Waals surface area contributed by atoms with Crippen molar-refractivity contribution in [2.75, 3.05) is 0 Å². The lowest BCUT2D eigenvalue weighted by molar-refractivity contribution is -0.122. The molecule has 0 N–H and O–H groups in total. The summed E-state index contributed by atoms with van der Waals surface area (Å²) in [4.78, 5) is 24.4. The third-order valence-electron chi connectivity index (χ3n) is 6.12. The average molecular weight is 304 g/mol. The highest BCUT2D eigenvalue weighted by Gasteiger charge is 2.56. The number of Topliss-reactive ketones (excluding diaryl/α,β-unsaturated/α-hetero) is 2. The zero-order valence-electron chi connectivity index (χ0n) is 14.9. The van der Waals surface area contributed by atoms with E-state index in [0.717, 1.165) is 24.3 Å². The van der Waals surface area contributed by atoms with E-state index < -0.39 is 0 Å². The highest BCUT2D eigenvalue weighted by Crippen LogP contribution is 2.63. The normalized spacial score (nSPS) is 39.4. The van der Waals surface area contributed by atoms with Gasteiger partial charge in [0.25, 0.3) is 0 Å². The summed E-state index contributed by atoms with van der Waals surface area (Å²) in [7, 11) is 0. The molecule has 0 aromatic carbocycles. The van der Waals surface area contributed by atoms with Gasteiger partial charge in [-0.25, -0.2) is 0 Å². The smallest absolute Gasteiger partial charge is 0.139 e. The lowest BCUT2D eigenvalue weighted by Gasteiger charge is -2.13. The molecule has 0 saturated heterocycles. The molecule has 0 aliphatic heterocycles. The van der Waals surface area contributed by atoms with Gasteiger partial charge in [-0.1, -0.05) is 39.3 Å². The zero-order chi connectivity index (χ0) is 16.5. The summed E-state index contributed by atoms with van der Waals surface area (Å²) in [6, 6.07) is 0. The molecule has 2 aliphatic rings. The molecule has 22 heavy (non-hydrogen) atoms. The van der Waals surface area contributed by atoms with E-state index in [1.54, 1.807) is 0 Å². The molecule has 124 valence electrons. The second-order valence-corrected chi connectivity index (χ2v) is 8.49. The maximum atomic E-state index is 12.3. The number of carbonyl (C=O) groups excluding carboxylic acids is 2. The molecule has 0 aromatic rings. The van der Waals surface area contributed by atoms with Crippen molar-refractivity contribution in [3.05, 3.63) is 11.6 Å². The van der Waals surface area contributed by atoms with Crippen molar-refractivity contribution in [3.8, 4) is 0 Å². The highest BCUT2D eigenvalue weighted by atomic mass is 16.1. The molecule has 2 aliphatic carbocycles. The van der Waals surface area contributed by atoms with Crippen LogP contribution < -0.4 is 0 Å². The van der Waals surface area contributed by atoms with Crippen molar-refractivity contribution < 1.29 is 9.59 Å². The highest BCUT2D eigenvalue weighted by molar-refractivity contribution is 5.83. The quantitative estimate of drug-likeness (QED) is 0.592. The van der Waals surface area contributed by atoms with Gasteiger partial charge in [0.2, 0.25) is 0 Å². The number of allylic oxidation sites excluding steroid dienone is 2. The van der Waals surface area contributed by atoms with Gasteiger partial charge in [-0.05, 0) is 49.4 Å². The van der Waals surface area contributed by atoms with E-state index >= 15 is 0 Å². The fraction of sp³-hybridized carbons (Fsp3) is 0.800. The first-order valence-corrected chi connectivity index (χ1v) is 8.91. The number of ketones is 2. The number of carbonyl (C=O) groups is 2. The lowest BCUT2D eigenvalue weighted by Crippen LogP contribution is -2.13. The van der Waals surface area contributed by atoms with Gasteiger partial charge >= 0.3 is 0 Å². The van der Waals surface area contributed by atoms with E-state index in [1.807, 2.05) is 13.0 Å². The maximum absolute atomic E-state index is 12.3.